The Morgan fingerprint density at radius 3 is 2.36 bits per heavy atom. The number of halogens is 3. The number of unbranched alkanes of at least 4 members (excludes halogenated alkanes) is 1. The molecule has 0 saturated heterocycles. The van der Waals surface area contributed by atoms with Gasteiger partial charge in [-0.25, -0.2) is 0 Å². The minimum atomic E-state index is -4.70. The first-order valence-electron chi connectivity index (χ1n) is 12.3. The molecule has 8 nitrogen and oxygen atoms in total. The number of anilines is 2. The number of nitrogens with one attached hydrogen (secondary N) is 3. The van der Waals surface area contributed by atoms with E-state index in [4.69, 9.17) is 5.73 Å². The van der Waals surface area contributed by atoms with Gasteiger partial charge in [-0.2, -0.15) is 13.2 Å². The molecule has 2 amide bonds. The van der Waals surface area contributed by atoms with E-state index in [1.165, 1.54) is 37.6 Å². The number of carbonyl (C=O) groups is 2. The molecule has 0 aliphatic rings. The van der Waals surface area contributed by atoms with Crippen LogP contribution in [-0.4, -0.2) is 41.9 Å². The molecule has 2 heterocycles. The van der Waals surface area contributed by atoms with Crippen LogP contribution in [0, 0.1) is 0 Å². The highest BCUT2D eigenvalue weighted by atomic mass is 19.4. The van der Waals surface area contributed by atoms with Gasteiger partial charge in [-0.05, 0) is 55.3 Å². The molecule has 4 aromatic rings. The van der Waals surface area contributed by atoms with Crippen LogP contribution in [0.2, 0.25) is 0 Å². The number of pyridine rings is 2. The fourth-order valence-corrected chi connectivity index (χ4v) is 4.07. The molecular weight excluding hydrogens is 509 g/mol. The topological polar surface area (TPSA) is 122 Å². The highest BCUT2D eigenvalue weighted by Crippen LogP contribution is 2.41. The zero-order valence-corrected chi connectivity index (χ0v) is 21.1. The number of nitrogens with zero attached hydrogens (tertiary/aromatic N) is 2. The fraction of sp³-hybridized carbons (Fsp3) is 0.214. The van der Waals surface area contributed by atoms with E-state index in [-0.39, 0.29) is 27.9 Å². The SMILES string of the molecule is CNC(=O)c1cnc2cc(C(F)(F)F)c(-c3ccc(C(=O)NCCCCN)nc3)cc2c1Nc1ccccc1. The highest BCUT2D eigenvalue weighted by Gasteiger charge is 2.35. The van der Waals surface area contributed by atoms with E-state index >= 15 is 0 Å². The van der Waals surface area contributed by atoms with Gasteiger partial charge < -0.3 is 21.7 Å². The van der Waals surface area contributed by atoms with Gasteiger partial charge in [-0.1, -0.05) is 24.3 Å². The minimum Gasteiger partial charge on any atom is -0.355 e. The molecule has 11 heteroatoms. The number of hydrogen-bond acceptors (Lipinski definition) is 6. The lowest BCUT2D eigenvalue weighted by molar-refractivity contribution is -0.137. The predicted octanol–water partition coefficient (Wildman–Crippen LogP) is 4.89. The number of carbonyl (C=O) groups excluding carboxylic acids is 2. The van der Waals surface area contributed by atoms with Crippen LogP contribution in [-0.2, 0) is 6.18 Å². The lowest BCUT2D eigenvalue weighted by Gasteiger charge is -2.18. The van der Waals surface area contributed by atoms with Crippen molar-refractivity contribution in [3.05, 3.63) is 83.8 Å². The van der Waals surface area contributed by atoms with Crippen LogP contribution in [0.5, 0.6) is 0 Å². The van der Waals surface area contributed by atoms with E-state index < -0.39 is 23.6 Å². The third-order valence-electron chi connectivity index (χ3n) is 6.05. The second-order valence-electron chi connectivity index (χ2n) is 8.71. The smallest absolute Gasteiger partial charge is 0.355 e. The first-order chi connectivity index (χ1) is 18.7. The van der Waals surface area contributed by atoms with Gasteiger partial charge in [0.1, 0.15) is 5.69 Å². The normalized spacial score (nSPS) is 11.3. The van der Waals surface area contributed by atoms with Crippen LogP contribution in [0.25, 0.3) is 22.0 Å². The van der Waals surface area contributed by atoms with Crippen LogP contribution < -0.4 is 21.7 Å². The zero-order valence-electron chi connectivity index (χ0n) is 21.1. The summed E-state index contributed by atoms with van der Waals surface area (Å²) in [4.78, 5) is 33.3. The van der Waals surface area contributed by atoms with E-state index in [0.29, 0.717) is 36.3 Å². The summed E-state index contributed by atoms with van der Waals surface area (Å²) in [5, 5.41) is 8.73. The summed E-state index contributed by atoms with van der Waals surface area (Å²) < 4.78 is 42.5. The number of hydrogen-bond donors (Lipinski definition) is 4. The summed E-state index contributed by atoms with van der Waals surface area (Å²) in [6.45, 7) is 0.930. The summed E-state index contributed by atoms with van der Waals surface area (Å²) in [7, 11) is 1.46. The van der Waals surface area contributed by atoms with Crippen molar-refractivity contribution in [2.75, 3.05) is 25.5 Å². The lowest BCUT2D eigenvalue weighted by atomic mass is 9.96. The van der Waals surface area contributed by atoms with Gasteiger partial charge in [0.2, 0.25) is 0 Å². The summed E-state index contributed by atoms with van der Waals surface area (Å²) in [6, 6.07) is 14.0. The molecule has 202 valence electrons. The highest BCUT2D eigenvalue weighted by molar-refractivity contribution is 6.09. The summed E-state index contributed by atoms with van der Waals surface area (Å²) in [6.07, 6.45) is -0.763. The maximum absolute atomic E-state index is 14.2. The van der Waals surface area contributed by atoms with Crippen LogP contribution in [0.4, 0.5) is 24.5 Å². The van der Waals surface area contributed by atoms with Crippen LogP contribution in [0.1, 0.15) is 39.3 Å². The molecule has 2 aromatic heterocycles. The molecule has 5 N–H and O–H groups in total. The Balaban J connectivity index is 1.82. The maximum atomic E-state index is 14.2. The van der Waals surface area contributed by atoms with E-state index in [1.54, 1.807) is 24.3 Å². The number of fused-ring (bicyclic) bond motifs is 1. The van der Waals surface area contributed by atoms with Crippen molar-refractivity contribution in [2.45, 2.75) is 19.0 Å². The molecule has 0 aliphatic carbocycles. The van der Waals surface area contributed by atoms with Crippen molar-refractivity contribution >= 4 is 34.1 Å². The third kappa shape index (κ3) is 6.32. The first-order valence-corrected chi connectivity index (χ1v) is 12.3. The van der Waals surface area contributed by atoms with E-state index in [9.17, 15) is 22.8 Å². The van der Waals surface area contributed by atoms with Gasteiger partial charge in [0, 0.05) is 42.6 Å². The number of benzene rings is 2. The van der Waals surface area contributed by atoms with E-state index in [2.05, 4.69) is 25.9 Å². The van der Waals surface area contributed by atoms with Crippen LogP contribution in [0.15, 0.2) is 67.0 Å². The molecule has 0 fully saturated rings. The van der Waals surface area contributed by atoms with Crippen molar-refractivity contribution in [2.24, 2.45) is 5.73 Å². The molecular formula is C28H27F3N6O2. The average Bonchev–Trinajstić information content (AvgIpc) is 2.94. The van der Waals surface area contributed by atoms with E-state index in [1.807, 2.05) is 6.07 Å². The predicted molar refractivity (Wildman–Crippen MR) is 144 cm³/mol. The Morgan fingerprint density at radius 2 is 1.72 bits per heavy atom. The Bertz CT molecular complexity index is 1480. The number of amides is 2. The molecule has 0 unspecified atom stereocenters. The molecule has 39 heavy (non-hydrogen) atoms. The molecule has 0 atom stereocenters. The summed E-state index contributed by atoms with van der Waals surface area (Å²) in [5.74, 6) is -0.880. The number of alkyl halides is 3. The molecule has 0 radical (unpaired) electrons. The second-order valence-corrected chi connectivity index (χ2v) is 8.71. The first kappa shape index (κ1) is 27.5. The van der Waals surface area contributed by atoms with E-state index in [0.717, 1.165) is 12.5 Å². The Morgan fingerprint density at radius 1 is 0.949 bits per heavy atom. The Kier molecular flexibility index (Phi) is 8.40. The molecule has 0 spiro atoms. The molecule has 0 aliphatic heterocycles. The van der Waals surface area contributed by atoms with Crippen molar-refractivity contribution in [1.82, 2.24) is 20.6 Å². The number of para-hydroxylation sites is 1. The Hall–Kier alpha value is -4.51. The van der Waals surface area contributed by atoms with Gasteiger partial charge in [-0.3, -0.25) is 19.6 Å². The van der Waals surface area contributed by atoms with Gasteiger partial charge in [0.25, 0.3) is 11.8 Å². The summed E-state index contributed by atoms with van der Waals surface area (Å²) >= 11 is 0. The van der Waals surface area contributed by atoms with Gasteiger partial charge in [-0.15, -0.1) is 0 Å². The quantitative estimate of drug-likeness (QED) is 0.226. The van der Waals surface area contributed by atoms with Gasteiger partial charge >= 0.3 is 6.18 Å². The monoisotopic (exact) mass is 536 g/mol. The van der Waals surface area contributed by atoms with Crippen LogP contribution in [0.3, 0.4) is 0 Å². The average molecular weight is 537 g/mol. The number of aromatic nitrogens is 2. The van der Waals surface area contributed by atoms with Gasteiger partial charge in [0.15, 0.2) is 0 Å². The zero-order chi connectivity index (χ0) is 28.0. The number of rotatable bonds is 9. The second kappa shape index (κ2) is 11.9. The molecule has 0 saturated carbocycles. The maximum Gasteiger partial charge on any atom is 0.417 e. The molecule has 2 aromatic carbocycles. The molecule has 0 bridgehead atoms. The fourth-order valence-electron chi connectivity index (χ4n) is 4.07. The molecule has 4 rings (SSSR count). The largest absolute Gasteiger partial charge is 0.417 e. The lowest BCUT2D eigenvalue weighted by Crippen LogP contribution is -2.25. The standard InChI is InChI=1S/C28H27F3N6O2/c1-33-26(38)21-16-36-24-14-22(28(29,30)31)19(13-20(24)25(21)37-18-7-3-2-4-8-18)17-9-10-23(35-15-17)27(39)34-12-6-5-11-32/h2-4,7-10,13-16H,5-6,11-12,32H2,1H3,(H,33,38)(H,34,39)(H,36,37). The van der Waals surface area contributed by atoms with Gasteiger partial charge in [0.05, 0.1) is 22.3 Å². The van der Waals surface area contributed by atoms with Crippen LogP contribution >= 0.6 is 0 Å². The summed E-state index contributed by atoms with van der Waals surface area (Å²) in [5.41, 5.74) is 5.77. The minimum absolute atomic E-state index is 0.0543. The van der Waals surface area contributed by atoms with Crippen molar-refractivity contribution in [3.8, 4) is 11.1 Å². The van der Waals surface area contributed by atoms with Crippen molar-refractivity contribution in [1.29, 1.82) is 0 Å². The number of nitrogens with two attached hydrogens (primary N) is 1. The Labute approximate surface area is 222 Å². The van der Waals surface area contributed by atoms with Crippen molar-refractivity contribution in [3.63, 3.8) is 0 Å². The third-order valence-corrected chi connectivity index (χ3v) is 6.05. The van der Waals surface area contributed by atoms with Crippen molar-refractivity contribution < 1.29 is 22.8 Å².